The van der Waals surface area contributed by atoms with Crippen LogP contribution < -0.4 is 0 Å². The number of aryl methyl sites for hydroxylation is 3. The van der Waals surface area contributed by atoms with Crippen molar-refractivity contribution in [1.29, 1.82) is 0 Å². The molecule has 1 unspecified atom stereocenters. The van der Waals surface area contributed by atoms with E-state index in [0.29, 0.717) is 0 Å². The number of benzene rings is 1. The minimum absolute atomic E-state index is 0.177. The highest BCUT2D eigenvalue weighted by Gasteiger charge is 2.15. The van der Waals surface area contributed by atoms with E-state index >= 15 is 0 Å². The Balaban J connectivity index is 3.31. The average molecular weight is 239 g/mol. The first-order chi connectivity index (χ1) is 7.67. The van der Waals surface area contributed by atoms with Crippen molar-refractivity contribution < 1.29 is 0 Å². The van der Waals surface area contributed by atoms with Gasteiger partial charge in [-0.2, -0.15) is 0 Å². The summed E-state index contributed by atoms with van der Waals surface area (Å²) in [5.74, 6) is 0. The summed E-state index contributed by atoms with van der Waals surface area (Å²) in [6, 6.07) is 4.67. The zero-order chi connectivity index (χ0) is 12.1. The molecular weight excluding hydrogens is 216 g/mol. The summed E-state index contributed by atoms with van der Waals surface area (Å²) in [6.07, 6.45) is 4.28. The van der Waals surface area contributed by atoms with Crippen molar-refractivity contribution in [1.82, 2.24) is 0 Å². The molecule has 1 heteroatoms. The number of hydrogen-bond donors (Lipinski definition) is 0. The van der Waals surface area contributed by atoms with Gasteiger partial charge in [0.2, 0.25) is 0 Å². The fraction of sp³-hybridized carbons (Fsp3) is 0.600. The number of halogens is 1. The largest absolute Gasteiger partial charge is 0.118 e. The normalized spacial score (nSPS) is 12.8. The van der Waals surface area contributed by atoms with E-state index in [4.69, 9.17) is 11.6 Å². The minimum Gasteiger partial charge on any atom is -0.118 e. The van der Waals surface area contributed by atoms with Crippen LogP contribution in [0.15, 0.2) is 12.1 Å². The van der Waals surface area contributed by atoms with Gasteiger partial charge < -0.3 is 0 Å². The molecule has 0 nitrogen and oxygen atoms in total. The van der Waals surface area contributed by atoms with Crippen molar-refractivity contribution in [2.45, 2.75) is 58.8 Å². The predicted molar refractivity (Wildman–Crippen MR) is 73.5 cm³/mol. The summed E-state index contributed by atoms with van der Waals surface area (Å²) >= 11 is 6.45. The van der Waals surface area contributed by atoms with Crippen LogP contribution in [0.5, 0.6) is 0 Å². The van der Waals surface area contributed by atoms with Crippen molar-refractivity contribution in [3.05, 3.63) is 34.4 Å². The molecule has 0 saturated carbocycles. The van der Waals surface area contributed by atoms with Crippen LogP contribution in [0.25, 0.3) is 0 Å². The molecule has 0 aliphatic rings. The predicted octanol–water partition coefficient (Wildman–Crippen LogP) is 5.06. The zero-order valence-corrected chi connectivity index (χ0v) is 11.7. The molecule has 0 aliphatic heterocycles. The summed E-state index contributed by atoms with van der Waals surface area (Å²) in [7, 11) is 0. The molecule has 0 amide bonds. The molecule has 0 aliphatic carbocycles. The second-order valence-electron chi connectivity index (χ2n) is 4.26. The SMILES string of the molecule is CCc1cc(CC)c(C(Cl)CC)c(CC)c1. The molecule has 1 aromatic rings. The van der Waals surface area contributed by atoms with Crippen LogP contribution >= 0.6 is 11.6 Å². The van der Waals surface area contributed by atoms with E-state index in [9.17, 15) is 0 Å². The van der Waals surface area contributed by atoms with Crippen LogP contribution in [-0.2, 0) is 19.3 Å². The average Bonchev–Trinajstić information content (AvgIpc) is 2.35. The fourth-order valence-corrected chi connectivity index (χ4v) is 2.53. The third kappa shape index (κ3) is 2.79. The van der Waals surface area contributed by atoms with Gasteiger partial charge in [-0.3, -0.25) is 0 Å². The van der Waals surface area contributed by atoms with Gasteiger partial charge in [-0.1, -0.05) is 39.8 Å². The lowest BCUT2D eigenvalue weighted by Crippen LogP contribution is -2.03. The van der Waals surface area contributed by atoms with Crippen molar-refractivity contribution in [2.75, 3.05) is 0 Å². The monoisotopic (exact) mass is 238 g/mol. The first kappa shape index (κ1) is 13.6. The van der Waals surface area contributed by atoms with Gasteiger partial charge in [0.1, 0.15) is 0 Å². The maximum Gasteiger partial charge on any atom is 0.0588 e. The third-order valence-corrected chi connectivity index (χ3v) is 3.78. The molecule has 16 heavy (non-hydrogen) atoms. The molecule has 0 heterocycles. The van der Waals surface area contributed by atoms with Gasteiger partial charge in [0.05, 0.1) is 5.38 Å². The molecule has 0 spiro atoms. The van der Waals surface area contributed by atoms with Crippen LogP contribution in [0.4, 0.5) is 0 Å². The molecule has 0 N–H and O–H groups in total. The van der Waals surface area contributed by atoms with E-state index in [0.717, 1.165) is 25.7 Å². The maximum absolute atomic E-state index is 6.45. The van der Waals surface area contributed by atoms with E-state index < -0.39 is 0 Å². The van der Waals surface area contributed by atoms with Crippen molar-refractivity contribution in [2.24, 2.45) is 0 Å². The van der Waals surface area contributed by atoms with Gasteiger partial charge in [-0.15, -0.1) is 11.6 Å². The van der Waals surface area contributed by atoms with Crippen LogP contribution in [0.2, 0.25) is 0 Å². The van der Waals surface area contributed by atoms with E-state index in [2.05, 4.69) is 39.8 Å². The summed E-state index contributed by atoms with van der Waals surface area (Å²) in [5.41, 5.74) is 5.72. The third-order valence-electron chi connectivity index (χ3n) is 3.25. The molecule has 0 aromatic heterocycles. The Morgan fingerprint density at radius 3 is 1.75 bits per heavy atom. The van der Waals surface area contributed by atoms with E-state index in [1.54, 1.807) is 0 Å². The fourth-order valence-electron chi connectivity index (χ4n) is 2.25. The lowest BCUT2D eigenvalue weighted by molar-refractivity contribution is 0.841. The molecule has 1 aromatic carbocycles. The Bertz CT molecular complexity index is 316. The van der Waals surface area contributed by atoms with Gasteiger partial charge in [0, 0.05) is 0 Å². The van der Waals surface area contributed by atoms with Crippen molar-refractivity contribution in [3.63, 3.8) is 0 Å². The Kier molecular flexibility index (Phi) is 5.34. The first-order valence-electron chi connectivity index (χ1n) is 6.46. The van der Waals surface area contributed by atoms with Gasteiger partial charge in [-0.25, -0.2) is 0 Å². The Labute approximate surface area is 105 Å². The number of hydrogen-bond acceptors (Lipinski definition) is 0. The molecule has 90 valence electrons. The summed E-state index contributed by atoms with van der Waals surface area (Å²) in [4.78, 5) is 0. The molecular formula is C15H23Cl. The van der Waals surface area contributed by atoms with Gasteiger partial charge >= 0.3 is 0 Å². The number of alkyl halides is 1. The van der Waals surface area contributed by atoms with Gasteiger partial charge in [0.15, 0.2) is 0 Å². The van der Waals surface area contributed by atoms with Gasteiger partial charge in [-0.05, 0) is 47.9 Å². The molecule has 0 radical (unpaired) electrons. The van der Waals surface area contributed by atoms with Crippen LogP contribution in [0.3, 0.4) is 0 Å². The highest BCUT2D eigenvalue weighted by atomic mass is 35.5. The van der Waals surface area contributed by atoms with E-state index in [-0.39, 0.29) is 5.38 Å². The quantitative estimate of drug-likeness (QED) is 0.629. The second kappa shape index (κ2) is 6.30. The standard InChI is InChI=1S/C15H23Cl/c1-5-11-9-12(6-2)15(14(16)8-4)13(7-3)10-11/h9-10,14H,5-8H2,1-4H3. The molecule has 0 fully saturated rings. The van der Waals surface area contributed by atoms with Crippen LogP contribution in [-0.4, -0.2) is 0 Å². The summed E-state index contributed by atoms with van der Waals surface area (Å²) in [6.45, 7) is 8.81. The number of rotatable bonds is 5. The Morgan fingerprint density at radius 1 is 0.938 bits per heavy atom. The molecule has 0 bridgehead atoms. The highest BCUT2D eigenvalue weighted by Crippen LogP contribution is 2.32. The minimum atomic E-state index is 0.177. The summed E-state index contributed by atoms with van der Waals surface area (Å²) < 4.78 is 0. The summed E-state index contributed by atoms with van der Waals surface area (Å²) in [5, 5.41) is 0.177. The topological polar surface area (TPSA) is 0 Å². The van der Waals surface area contributed by atoms with E-state index in [1.807, 2.05) is 0 Å². The van der Waals surface area contributed by atoms with E-state index in [1.165, 1.54) is 22.3 Å². The maximum atomic E-state index is 6.45. The lowest BCUT2D eigenvalue weighted by atomic mass is 9.91. The van der Waals surface area contributed by atoms with Crippen molar-refractivity contribution >= 4 is 11.6 Å². The van der Waals surface area contributed by atoms with Crippen LogP contribution in [0, 0.1) is 0 Å². The van der Waals surface area contributed by atoms with Crippen LogP contribution in [0.1, 0.15) is 61.7 Å². The zero-order valence-electron chi connectivity index (χ0n) is 10.9. The first-order valence-corrected chi connectivity index (χ1v) is 6.90. The second-order valence-corrected chi connectivity index (χ2v) is 4.79. The smallest absolute Gasteiger partial charge is 0.0588 e. The Morgan fingerprint density at radius 2 is 1.44 bits per heavy atom. The molecule has 1 rings (SSSR count). The van der Waals surface area contributed by atoms with Gasteiger partial charge in [0.25, 0.3) is 0 Å². The highest BCUT2D eigenvalue weighted by molar-refractivity contribution is 6.21. The van der Waals surface area contributed by atoms with Crippen molar-refractivity contribution in [3.8, 4) is 0 Å². The molecule has 0 saturated heterocycles. The Hall–Kier alpha value is -0.490. The molecule has 1 atom stereocenters. The lowest BCUT2D eigenvalue weighted by Gasteiger charge is -2.18.